The molecule has 1 aromatic carbocycles. The minimum atomic E-state index is -0.655. The molecule has 7 nitrogen and oxygen atoms in total. The summed E-state index contributed by atoms with van der Waals surface area (Å²) in [4.78, 5) is 14.9. The number of amides is 1. The molecular weight excluding hydrogens is 344 g/mol. The normalized spacial score (nSPS) is 28.8. The number of carbonyl (C=O) groups is 1. The van der Waals surface area contributed by atoms with Gasteiger partial charge in [-0.15, -0.1) is 0 Å². The molecule has 1 aliphatic carbocycles. The number of hydrogen-bond acceptors (Lipinski definition) is 5. The Kier molecular flexibility index (Phi) is 5.40. The summed E-state index contributed by atoms with van der Waals surface area (Å²) in [7, 11) is 0. The lowest BCUT2D eigenvalue weighted by Crippen LogP contribution is -2.54. The Morgan fingerprint density at radius 1 is 1.22 bits per heavy atom. The number of benzene rings is 1. The van der Waals surface area contributed by atoms with Gasteiger partial charge in [-0.25, -0.2) is 0 Å². The first-order chi connectivity index (χ1) is 13.2. The number of ether oxygens (including phenoxy) is 1. The van der Waals surface area contributed by atoms with E-state index >= 15 is 0 Å². The zero-order chi connectivity index (χ0) is 18.6. The van der Waals surface area contributed by atoms with Gasteiger partial charge in [-0.3, -0.25) is 14.8 Å². The first-order valence-corrected chi connectivity index (χ1v) is 9.66. The third-order valence-electron chi connectivity index (χ3n) is 5.55. The second kappa shape index (κ2) is 8.10. The smallest absolute Gasteiger partial charge is 0.254 e. The number of likely N-dealkylation sites (tertiary alicyclic amines) is 1. The zero-order valence-electron chi connectivity index (χ0n) is 15.3. The van der Waals surface area contributed by atoms with Crippen LogP contribution in [0.15, 0.2) is 42.7 Å². The molecule has 2 fully saturated rings. The second-order valence-electron chi connectivity index (χ2n) is 7.35. The van der Waals surface area contributed by atoms with Crippen molar-refractivity contribution in [2.75, 3.05) is 13.1 Å². The molecule has 0 radical (unpaired) electrons. The third kappa shape index (κ3) is 3.99. The van der Waals surface area contributed by atoms with E-state index in [0.717, 1.165) is 31.7 Å². The van der Waals surface area contributed by atoms with Crippen molar-refractivity contribution in [2.45, 2.75) is 50.0 Å². The fourth-order valence-corrected chi connectivity index (χ4v) is 4.24. The summed E-state index contributed by atoms with van der Waals surface area (Å²) in [6.45, 7) is 1.88. The maximum atomic E-state index is 12.5. The molecule has 2 aromatic rings. The fraction of sp³-hybridized carbons (Fsp3) is 0.500. The maximum absolute atomic E-state index is 12.5. The van der Waals surface area contributed by atoms with E-state index in [1.54, 1.807) is 6.20 Å². The van der Waals surface area contributed by atoms with Crippen LogP contribution < -0.4 is 10.1 Å². The summed E-state index contributed by atoms with van der Waals surface area (Å²) < 4.78 is 6.06. The number of rotatable bonds is 5. The van der Waals surface area contributed by atoms with Gasteiger partial charge in [0, 0.05) is 12.6 Å². The topological polar surface area (TPSA) is 90.5 Å². The van der Waals surface area contributed by atoms with E-state index in [9.17, 15) is 9.90 Å². The van der Waals surface area contributed by atoms with Crippen LogP contribution in [0.4, 0.5) is 0 Å². The standard InChI is InChI=1S/C20H26N4O3/c25-19-17(27-15-7-3-1-4-8-15)11-16(18(19)24-9-5-2-6-10-24)23-20(26)14-12-21-22-13-14/h1,3-4,7-8,12-13,16-19,25H,2,5-6,9-11H2,(H,21,22)(H,23,26)/t16-,17-,18+,19+/m1/s1. The monoisotopic (exact) mass is 370 g/mol. The van der Waals surface area contributed by atoms with Crippen LogP contribution in [0.3, 0.4) is 0 Å². The quantitative estimate of drug-likeness (QED) is 0.743. The molecule has 2 heterocycles. The molecule has 2 aliphatic rings. The molecule has 3 N–H and O–H groups in total. The Morgan fingerprint density at radius 3 is 2.70 bits per heavy atom. The van der Waals surface area contributed by atoms with Crippen LogP contribution in [0.25, 0.3) is 0 Å². The van der Waals surface area contributed by atoms with Gasteiger partial charge >= 0.3 is 0 Å². The molecule has 1 aliphatic heterocycles. The van der Waals surface area contributed by atoms with Crippen molar-refractivity contribution in [2.24, 2.45) is 0 Å². The molecule has 1 saturated heterocycles. The number of piperidine rings is 1. The summed E-state index contributed by atoms with van der Waals surface area (Å²) in [5.41, 5.74) is 0.495. The van der Waals surface area contributed by atoms with E-state index in [-0.39, 0.29) is 24.1 Å². The highest BCUT2D eigenvalue weighted by Gasteiger charge is 2.47. The molecule has 4 rings (SSSR count). The average molecular weight is 370 g/mol. The summed E-state index contributed by atoms with van der Waals surface area (Å²) in [6, 6.07) is 9.22. The minimum absolute atomic E-state index is 0.144. The van der Waals surface area contributed by atoms with Gasteiger partial charge in [-0.05, 0) is 38.1 Å². The van der Waals surface area contributed by atoms with Crippen LogP contribution in [0, 0.1) is 0 Å². The third-order valence-corrected chi connectivity index (χ3v) is 5.55. The van der Waals surface area contributed by atoms with Crippen molar-refractivity contribution in [1.29, 1.82) is 0 Å². The maximum Gasteiger partial charge on any atom is 0.254 e. The van der Waals surface area contributed by atoms with Gasteiger partial charge in [0.2, 0.25) is 0 Å². The van der Waals surface area contributed by atoms with Crippen molar-refractivity contribution >= 4 is 5.91 Å². The summed E-state index contributed by atoms with van der Waals surface area (Å²) in [5.74, 6) is 0.559. The zero-order valence-corrected chi connectivity index (χ0v) is 15.3. The van der Waals surface area contributed by atoms with E-state index in [1.165, 1.54) is 12.6 Å². The minimum Gasteiger partial charge on any atom is -0.488 e. The van der Waals surface area contributed by atoms with Crippen LogP contribution >= 0.6 is 0 Å². The lowest BCUT2D eigenvalue weighted by molar-refractivity contribution is 0.00146. The SMILES string of the molecule is O=C(N[C@@H]1C[C@@H](Oc2ccccc2)[C@H](O)[C@H]1N1CCCCC1)c1cn[nH]c1. The highest BCUT2D eigenvalue weighted by molar-refractivity contribution is 5.93. The number of nitrogens with zero attached hydrogens (tertiary/aromatic N) is 2. The van der Waals surface area contributed by atoms with E-state index in [1.807, 2.05) is 30.3 Å². The summed E-state index contributed by atoms with van der Waals surface area (Å²) in [5, 5.41) is 20.6. The Labute approximate surface area is 158 Å². The van der Waals surface area contributed by atoms with Gasteiger partial charge in [0.15, 0.2) is 0 Å². The first-order valence-electron chi connectivity index (χ1n) is 9.66. The molecule has 27 heavy (non-hydrogen) atoms. The fourth-order valence-electron chi connectivity index (χ4n) is 4.24. The molecule has 7 heteroatoms. The molecule has 1 saturated carbocycles. The largest absolute Gasteiger partial charge is 0.488 e. The predicted octanol–water partition coefficient (Wildman–Crippen LogP) is 1.57. The van der Waals surface area contributed by atoms with E-state index in [0.29, 0.717) is 12.0 Å². The van der Waals surface area contributed by atoms with Crippen molar-refractivity contribution in [3.8, 4) is 5.75 Å². The van der Waals surface area contributed by atoms with Crippen molar-refractivity contribution in [3.63, 3.8) is 0 Å². The van der Waals surface area contributed by atoms with Crippen LogP contribution in [0.5, 0.6) is 5.75 Å². The van der Waals surface area contributed by atoms with E-state index < -0.39 is 6.10 Å². The van der Waals surface area contributed by atoms with Crippen LogP contribution in [-0.2, 0) is 0 Å². The second-order valence-corrected chi connectivity index (χ2v) is 7.35. The number of carbonyl (C=O) groups excluding carboxylic acids is 1. The van der Waals surface area contributed by atoms with Gasteiger partial charge in [0.05, 0.1) is 23.8 Å². The van der Waals surface area contributed by atoms with E-state index in [2.05, 4.69) is 20.4 Å². The molecule has 0 bridgehead atoms. The van der Waals surface area contributed by atoms with Crippen LogP contribution in [-0.4, -0.2) is 63.5 Å². The highest BCUT2D eigenvalue weighted by atomic mass is 16.5. The van der Waals surface area contributed by atoms with Gasteiger partial charge in [0.25, 0.3) is 5.91 Å². The lowest BCUT2D eigenvalue weighted by Gasteiger charge is -2.37. The summed E-state index contributed by atoms with van der Waals surface area (Å²) >= 11 is 0. The number of H-pyrrole nitrogens is 1. The Bertz CT molecular complexity index is 731. The summed E-state index contributed by atoms with van der Waals surface area (Å²) in [6.07, 6.45) is 6.11. The van der Waals surface area contributed by atoms with Crippen molar-refractivity contribution in [1.82, 2.24) is 20.4 Å². The number of para-hydroxylation sites is 1. The van der Waals surface area contributed by atoms with Gasteiger partial charge < -0.3 is 15.2 Å². The van der Waals surface area contributed by atoms with Crippen molar-refractivity contribution in [3.05, 3.63) is 48.3 Å². The predicted molar refractivity (Wildman–Crippen MR) is 101 cm³/mol. The van der Waals surface area contributed by atoms with Gasteiger partial charge in [-0.2, -0.15) is 5.10 Å². The molecule has 0 unspecified atom stereocenters. The Morgan fingerprint density at radius 2 is 2.00 bits per heavy atom. The van der Waals surface area contributed by atoms with Crippen molar-refractivity contribution < 1.29 is 14.6 Å². The Hall–Kier alpha value is -2.38. The Balaban J connectivity index is 1.51. The first kappa shape index (κ1) is 18.0. The average Bonchev–Trinajstić information content (AvgIpc) is 3.33. The molecule has 144 valence electrons. The molecule has 0 spiro atoms. The number of aliphatic hydroxyl groups is 1. The molecule has 4 atom stereocenters. The number of aromatic nitrogens is 2. The van der Waals surface area contributed by atoms with E-state index in [4.69, 9.17) is 4.74 Å². The molecular formula is C20H26N4O3. The van der Waals surface area contributed by atoms with Crippen LogP contribution in [0.1, 0.15) is 36.0 Å². The highest BCUT2D eigenvalue weighted by Crippen LogP contribution is 2.31. The van der Waals surface area contributed by atoms with Crippen LogP contribution in [0.2, 0.25) is 0 Å². The number of nitrogens with one attached hydrogen (secondary N) is 2. The number of aromatic amines is 1. The number of hydrogen-bond donors (Lipinski definition) is 3. The lowest BCUT2D eigenvalue weighted by atomic mass is 10.0. The van der Waals surface area contributed by atoms with Gasteiger partial charge in [-0.1, -0.05) is 24.6 Å². The molecule has 1 aromatic heterocycles. The van der Waals surface area contributed by atoms with Gasteiger partial charge in [0.1, 0.15) is 18.0 Å². The molecule has 1 amide bonds. The number of aliphatic hydroxyl groups excluding tert-OH is 1.